The molecule has 3 aliphatic rings. The van der Waals surface area contributed by atoms with Crippen molar-refractivity contribution in [1.29, 1.82) is 0 Å². The topological polar surface area (TPSA) is 79.0 Å². The number of hydrogen-bond donors (Lipinski definition) is 1. The smallest absolute Gasteiger partial charge is 0.265 e. The van der Waals surface area contributed by atoms with Crippen molar-refractivity contribution in [2.24, 2.45) is 0 Å². The molecule has 2 aromatic carbocycles. The fourth-order valence-electron chi connectivity index (χ4n) is 4.98. The number of piperidine rings is 2. The van der Waals surface area contributed by atoms with Crippen molar-refractivity contribution in [3.63, 3.8) is 0 Å². The van der Waals surface area contributed by atoms with Gasteiger partial charge in [-0.1, -0.05) is 24.6 Å². The first kappa shape index (κ1) is 22.2. The summed E-state index contributed by atoms with van der Waals surface area (Å²) in [4.78, 5) is 15.6. The summed E-state index contributed by atoms with van der Waals surface area (Å²) in [6, 6.07) is 12.8. The highest BCUT2D eigenvalue weighted by atomic mass is 32.2. The van der Waals surface area contributed by atoms with Crippen LogP contribution in [0.5, 0.6) is 5.75 Å². The molecule has 1 N–H and O–H groups in total. The van der Waals surface area contributed by atoms with E-state index in [9.17, 15) is 13.2 Å². The molecule has 1 unspecified atom stereocenters. The molecule has 3 heterocycles. The number of amides is 1. The fourth-order valence-corrected chi connectivity index (χ4v) is 6.53. The van der Waals surface area contributed by atoms with Crippen molar-refractivity contribution in [1.82, 2.24) is 4.31 Å². The van der Waals surface area contributed by atoms with Gasteiger partial charge in [0.1, 0.15) is 5.75 Å². The Kier molecular flexibility index (Phi) is 6.29. The summed E-state index contributed by atoms with van der Waals surface area (Å²) >= 11 is 0. The van der Waals surface area contributed by atoms with Crippen molar-refractivity contribution < 1.29 is 17.9 Å². The highest BCUT2D eigenvalue weighted by Gasteiger charge is 2.31. The molecule has 1 atom stereocenters. The van der Waals surface area contributed by atoms with Crippen LogP contribution in [-0.4, -0.2) is 50.9 Å². The first-order valence-electron chi connectivity index (χ1n) is 12.0. The van der Waals surface area contributed by atoms with Crippen molar-refractivity contribution in [3.8, 4) is 5.75 Å². The van der Waals surface area contributed by atoms with Gasteiger partial charge in [0.15, 0.2) is 6.10 Å². The zero-order valence-electron chi connectivity index (χ0n) is 18.8. The van der Waals surface area contributed by atoms with Crippen molar-refractivity contribution in [3.05, 3.63) is 48.0 Å². The van der Waals surface area contributed by atoms with Crippen molar-refractivity contribution in [2.75, 3.05) is 36.4 Å². The minimum Gasteiger partial charge on any atom is -0.480 e. The Labute approximate surface area is 195 Å². The molecule has 5 rings (SSSR count). The molecule has 0 bridgehead atoms. The molecule has 0 aliphatic carbocycles. The lowest BCUT2D eigenvalue weighted by Crippen LogP contribution is -2.36. The Bertz CT molecular complexity index is 1100. The molecule has 2 aromatic rings. The highest BCUT2D eigenvalue weighted by molar-refractivity contribution is 7.89. The van der Waals surface area contributed by atoms with E-state index in [2.05, 4.69) is 10.2 Å². The Hall–Kier alpha value is -2.58. The monoisotopic (exact) mass is 469 g/mol. The van der Waals surface area contributed by atoms with Gasteiger partial charge in [0.2, 0.25) is 10.0 Å². The van der Waals surface area contributed by atoms with Gasteiger partial charge in [0.25, 0.3) is 5.91 Å². The number of hydrogen-bond acceptors (Lipinski definition) is 5. The van der Waals surface area contributed by atoms with E-state index in [1.807, 2.05) is 30.3 Å². The second kappa shape index (κ2) is 9.35. The van der Waals surface area contributed by atoms with E-state index in [1.165, 1.54) is 6.42 Å². The number of benzene rings is 2. The third-order valence-electron chi connectivity index (χ3n) is 6.82. The molecular formula is C25H31N3O4S. The van der Waals surface area contributed by atoms with Gasteiger partial charge in [-0.3, -0.25) is 4.79 Å². The second-order valence-electron chi connectivity index (χ2n) is 9.10. The van der Waals surface area contributed by atoms with E-state index < -0.39 is 16.1 Å². The van der Waals surface area contributed by atoms with Crippen LogP contribution in [0.25, 0.3) is 0 Å². The standard InChI is InChI=1S/C25H31N3O4S/c29-25(24-17-19-9-3-4-10-23(19)32-24)26-21-18-20(33(30,31)28-15-7-2-8-16-28)11-12-22(21)27-13-5-1-6-14-27/h3-4,9-12,18,24H,1-2,5-8,13-17H2,(H,26,29). The SMILES string of the molecule is O=C(Nc1cc(S(=O)(=O)N2CCCCC2)ccc1N1CCCCC1)C1Cc2ccccc2O1. The van der Waals surface area contributed by atoms with E-state index in [1.54, 1.807) is 16.4 Å². The Balaban J connectivity index is 1.43. The van der Waals surface area contributed by atoms with Crippen LogP contribution in [0.2, 0.25) is 0 Å². The van der Waals surface area contributed by atoms with E-state index in [0.29, 0.717) is 25.2 Å². The zero-order valence-corrected chi connectivity index (χ0v) is 19.6. The molecule has 3 aliphatic heterocycles. The molecule has 8 heteroatoms. The molecule has 0 saturated carbocycles. The van der Waals surface area contributed by atoms with Crippen LogP contribution < -0.4 is 15.0 Å². The first-order chi connectivity index (χ1) is 16.0. The lowest BCUT2D eigenvalue weighted by molar-refractivity contribution is -0.122. The predicted molar refractivity (Wildman–Crippen MR) is 128 cm³/mol. The third kappa shape index (κ3) is 4.59. The molecule has 0 aromatic heterocycles. The maximum absolute atomic E-state index is 13.3. The minimum absolute atomic E-state index is 0.232. The number of sulfonamides is 1. The van der Waals surface area contributed by atoms with Crippen LogP contribution in [0.3, 0.4) is 0 Å². The van der Waals surface area contributed by atoms with E-state index in [-0.39, 0.29) is 10.8 Å². The van der Waals surface area contributed by atoms with Crippen molar-refractivity contribution in [2.45, 2.75) is 55.9 Å². The molecular weight excluding hydrogens is 438 g/mol. The summed E-state index contributed by atoms with van der Waals surface area (Å²) in [7, 11) is -3.60. The summed E-state index contributed by atoms with van der Waals surface area (Å²) in [5, 5.41) is 3.01. The molecule has 0 radical (unpaired) electrons. The summed E-state index contributed by atoms with van der Waals surface area (Å²) in [6.07, 6.45) is 6.07. The average Bonchev–Trinajstić information content (AvgIpc) is 3.30. The highest BCUT2D eigenvalue weighted by Crippen LogP contribution is 2.34. The molecule has 7 nitrogen and oxygen atoms in total. The van der Waals surface area contributed by atoms with Gasteiger partial charge in [-0.05, 0) is 61.9 Å². The number of rotatable bonds is 5. The Morgan fingerprint density at radius 2 is 1.61 bits per heavy atom. The van der Waals surface area contributed by atoms with Gasteiger partial charge in [0.05, 0.1) is 16.3 Å². The molecule has 33 heavy (non-hydrogen) atoms. The van der Waals surface area contributed by atoms with Crippen LogP contribution in [0.1, 0.15) is 44.1 Å². The van der Waals surface area contributed by atoms with Crippen molar-refractivity contribution >= 4 is 27.3 Å². The number of para-hydroxylation sites is 1. The number of nitrogens with one attached hydrogen (secondary N) is 1. The summed E-state index contributed by atoms with van der Waals surface area (Å²) in [6.45, 7) is 2.89. The van der Waals surface area contributed by atoms with Gasteiger partial charge in [-0.25, -0.2) is 8.42 Å². The Morgan fingerprint density at radius 1 is 0.909 bits per heavy atom. The van der Waals surface area contributed by atoms with Gasteiger partial charge < -0.3 is 15.0 Å². The van der Waals surface area contributed by atoms with Gasteiger partial charge >= 0.3 is 0 Å². The lowest BCUT2D eigenvalue weighted by atomic mass is 10.1. The number of ether oxygens (including phenoxy) is 1. The maximum atomic E-state index is 13.3. The lowest BCUT2D eigenvalue weighted by Gasteiger charge is -2.31. The molecule has 0 spiro atoms. The van der Waals surface area contributed by atoms with Crippen LogP contribution in [0, 0.1) is 0 Å². The zero-order chi connectivity index (χ0) is 22.8. The number of fused-ring (bicyclic) bond motifs is 1. The molecule has 176 valence electrons. The van der Waals surface area contributed by atoms with Crippen LogP contribution in [-0.2, 0) is 21.2 Å². The average molecular weight is 470 g/mol. The van der Waals surface area contributed by atoms with E-state index in [0.717, 1.165) is 62.2 Å². The minimum atomic E-state index is -3.60. The van der Waals surface area contributed by atoms with Gasteiger partial charge in [-0.15, -0.1) is 0 Å². The summed E-state index contributed by atoms with van der Waals surface area (Å²) in [5.41, 5.74) is 2.42. The number of carbonyl (C=O) groups excluding carboxylic acids is 1. The molecule has 2 saturated heterocycles. The van der Waals surface area contributed by atoms with Crippen LogP contribution >= 0.6 is 0 Å². The summed E-state index contributed by atoms with van der Waals surface area (Å²) < 4.78 is 34.0. The Morgan fingerprint density at radius 3 is 2.33 bits per heavy atom. The third-order valence-corrected chi connectivity index (χ3v) is 8.71. The summed E-state index contributed by atoms with van der Waals surface area (Å²) in [5.74, 6) is 0.479. The largest absolute Gasteiger partial charge is 0.480 e. The fraction of sp³-hybridized carbons (Fsp3) is 0.480. The maximum Gasteiger partial charge on any atom is 0.265 e. The molecule has 2 fully saturated rings. The normalized spacial score (nSPS) is 21.3. The second-order valence-corrected chi connectivity index (χ2v) is 11.0. The quantitative estimate of drug-likeness (QED) is 0.721. The number of anilines is 2. The van der Waals surface area contributed by atoms with Gasteiger partial charge in [0, 0.05) is 32.6 Å². The van der Waals surface area contributed by atoms with Gasteiger partial charge in [-0.2, -0.15) is 4.31 Å². The van der Waals surface area contributed by atoms with Crippen LogP contribution in [0.4, 0.5) is 11.4 Å². The first-order valence-corrected chi connectivity index (χ1v) is 13.4. The predicted octanol–water partition coefficient (Wildman–Crippen LogP) is 3.79. The molecule has 1 amide bonds. The number of carbonyl (C=O) groups is 1. The number of nitrogens with zero attached hydrogens (tertiary/aromatic N) is 2. The van der Waals surface area contributed by atoms with E-state index in [4.69, 9.17) is 4.74 Å². The van der Waals surface area contributed by atoms with E-state index >= 15 is 0 Å². The van der Waals surface area contributed by atoms with Crippen LogP contribution in [0.15, 0.2) is 47.4 Å².